The van der Waals surface area contributed by atoms with E-state index in [1.165, 1.54) is 6.26 Å². The van der Waals surface area contributed by atoms with Crippen LogP contribution in [0.5, 0.6) is 0 Å². The van der Waals surface area contributed by atoms with Crippen molar-refractivity contribution in [2.24, 2.45) is 0 Å². The van der Waals surface area contributed by atoms with E-state index in [9.17, 15) is 4.79 Å². The minimum absolute atomic E-state index is 0.0919. The molecule has 1 N–H and O–H groups in total. The van der Waals surface area contributed by atoms with Crippen molar-refractivity contribution in [3.8, 4) is 0 Å². The first kappa shape index (κ1) is 14.8. The molecule has 5 nitrogen and oxygen atoms in total. The summed E-state index contributed by atoms with van der Waals surface area (Å²) in [6, 6.07) is 1.68. The Balaban J connectivity index is 1.81. The molecule has 2 aromatic rings. The predicted octanol–water partition coefficient (Wildman–Crippen LogP) is 2.98. The Morgan fingerprint density at radius 1 is 1.45 bits per heavy atom. The van der Waals surface area contributed by atoms with E-state index in [0.717, 1.165) is 28.8 Å². The normalized spacial score (nSPS) is 10.8. The van der Waals surface area contributed by atoms with Crippen LogP contribution in [-0.4, -0.2) is 22.2 Å². The molecule has 0 unspecified atom stereocenters. The van der Waals surface area contributed by atoms with Gasteiger partial charge in [-0.2, -0.15) is 5.10 Å². The summed E-state index contributed by atoms with van der Waals surface area (Å²) < 4.78 is 8.12. The van der Waals surface area contributed by atoms with Gasteiger partial charge in [-0.05, 0) is 49.2 Å². The Morgan fingerprint density at radius 3 is 2.75 bits per heavy atom. The zero-order valence-corrected chi connectivity index (χ0v) is 13.5. The Kier molecular flexibility index (Phi) is 4.65. The number of furan rings is 1. The standard InChI is InChI=1S/C14H18BrN3O2/c1-9-13(15)10(2)18(17-9)7-4-6-16-14(19)12-5-8-20-11(12)3/h5,8H,4,6-7H2,1-3H3,(H,16,19). The van der Waals surface area contributed by atoms with Gasteiger partial charge >= 0.3 is 0 Å². The molecular weight excluding hydrogens is 322 g/mol. The minimum Gasteiger partial charge on any atom is -0.469 e. The van der Waals surface area contributed by atoms with Gasteiger partial charge in [0.05, 0.1) is 22.0 Å². The van der Waals surface area contributed by atoms with Crippen LogP contribution in [0.25, 0.3) is 0 Å². The smallest absolute Gasteiger partial charge is 0.254 e. The van der Waals surface area contributed by atoms with Crippen molar-refractivity contribution in [1.82, 2.24) is 15.1 Å². The van der Waals surface area contributed by atoms with Crippen molar-refractivity contribution in [3.05, 3.63) is 39.5 Å². The molecule has 1 amide bonds. The molecule has 0 bridgehead atoms. The molecule has 0 spiro atoms. The summed E-state index contributed by atoms with van der Waals surface area (Å²) in [5.41, 5.74) is 2.69. The molecule has 20 heavy (non-hydrogen) atoms. The van der Waals surface area contributed by atoms with E-state index < -0.39 is 0 Å². The van der Waals surface area contributed by atoms with Crippen molar-refractivity contribution in [3.63, 3.8) is 0 Å². The lowest BCUT2D eigenvalue weighted by atomic mass is 10.2. The van der Waals surface area contributed by atoms with Gasteiger partial charge in [0.25, 0.3) is 5.91 Å². The Labute approximate surface area is 126 Å². The second-order valence-corrected chi connectivity index (χ2v) is 5.50. The number of aryl methyl sites for hydroxylation is 3. The molecule has 0 aliphatic carbocycles. The van der Waals surface area contributed by atoms with E-state index in [2.05, 4.69) is 26.3 Å². The third-order valence-corrected chi connectivity index (χ3v) is 4.38. The molecule has 0 fully saturated rings. The minimum atomic E-state index is -0.0919. The molecular formula is C14H18BrN3O2. The van der Waals surface area contributed by atoms with Crippen LogP contribution in [0.3, 0.4) is 0 Å². The summed E-state index contributed by atoms with van der Waals surface area (Å²) in [7, 11) is 0. The van der Waals surface area contributed by atoms with E-state index in [1.807, 2.05) is 18.5 Å². The van der Waals surface area contributed by atoms with Gasteiger partial charge in [-0.3, -0.25) is 9.48 Å². The summed E-state index contributed by atoms with van der Waals surface area (Å²) >= 11 is 3.50. The molecule has 108 valence electrons. The molecule has 2 heterocycles. The molecule has 0 radical (unpaired) electrons. The van der Waals surface area contributed by atoms with Crippen LogP contribution < -0.4 is 5.32 Å². The predicted molar refractivity (Wildman–Crippen MR) is 79.8 cm³/mol. The second kappa shape index (κ2) is 6.26. The summed E-state index contributed by atoms with van der Waals surface area (Å²) in [5.74, 6) is 0.552. The van der Waals surface area contributed by atoms with Gasteiger partial charge in [0.1, 0.15) is 5.76 Å². The Bertz CT molecular complexity index is 616. The second-order valence-electron chi connectivity index (χ2n) is 4.71. The monoisotopic (exact) mass is 339 g/mol. The third kappa shape index (κ3) is 3.12. The number of amides is 1. The van der Waals surface area contributed by atoms with Crippen molar-refractivity contribution in [2.75, 3.05) is 6.54 Å². The van der Waals surface area contributed by atoms with Gasteiger partial charge in [-0.25, -0.2) is 0 Å². The average Bonchev–Trinajstić information content (AvgIpc) is 2.94. The lowest BCUT2D eigenvalue weighted by Gasteiger charge is -2.06. The zero-order chi connectivity index (χ0) is 14.7. The van der Waals surface area contributed by atoms with E-state index in [0.29, 0.717) is 17.9 Å². The molecule has 2 aromatic heterocycles. The molecule has 0 aromatic carbocycles. The van der Waals surface area contributed by atoms with Crippen LogP contribution in [0.15, 0.2) is 21.2 Å². The van der Waals surface area contributed by atoms with Gasteiger partial charge in [0, 0.05) is 18.8 Å². The topological polar surface area (TPSA) is 60.1 Å². The molecule has 2 rings (SSSR count). The molecule has 0 atom stereocenters. The lowest BCUT2D eigenvalue weighted by Crippen LogP contribution is -2.25. The number of carbonyl (C=O) groups is 1. The van der Waals surface area contributed by atoms with Crippen molar-refractivity contribution in [2.45, 2.75) is 33.7 Å². The van der Waals surface area contributed by atoms with Crippen LogP contribution in [0.1, 0.15) is 33.9 Å². The summed E-state index contributed by atoms with van der Waals surface area (Å²) in [4.78, 5) is 11.9. The molecule has 6 heteroatoms. The van der Waals surface area contributed by atoms with Gasteiger partial charge in [-0.15, -0.1) is 0 Å². The maximum atomic E-state index is 11.9. The van der Waals surface area contributed by atoms with E-state index in [-0.39, 0.29) is 5.91 Å². The first-order chi connectivity index (χ1) is 9.50. The van der Waals surface area contributed by atoms with Gasteiger partial charge < -0.3 is 9.73 Å². The van der Waals surface area contributed by atoms with Crippen LogP contribution >= 0.6 is 15.9 Å². The fourth-order valence-corrected chi connectivity index (χ4v) is 2.32. The highest BCUT2D eigenvalue weighted by molar-refractivity contribution is 9.10. The number of carbonyl (C=O) groups excluding carboxylic acids is 1. The molecule has 0 saturated carbocycles. The molecule has 0 aliphatic heterocycles. The maximum Gasteiger partial charge on any atom is 0.254 e. The SMILES string of the molecule is Cc1nn(CCCNC(=O)c2ccoc2C)c(C)c1Br. The van der Waals surface area contributed by atoms with E-state index >= 15 is 0 Å². The lowest BCUT2D eigenvalue weighted by molar-refractivity contribution is 0.0951. The van der Waals surface area contributed by atoms with Crippen molar-refractivity contribution < 1.29 is 9.21 Å². The maximum absolute atomic E-state index is 11.9. The van der Waals surface area contributed by atoms with Gasteiger partial charge in [-0.1, -0.05) is 0 Å². The number of halogens is 1. The highest BCUT2D eigenvalue weighted by Crippen LogP contribution is 2.19. The summed E-state index contributed by atoms with van der Waals surface area (Å²) in [6.07, 6.45) is 2.36. The number of hydrogen-bond acceptors (Lipinski definition) is 3. The first-order valence-electron chi connectivity index (χ1n) is 6.52. The van der Waals surface area contributed by atoms with E-state index in [4.69, 9.17) is 4.42 Å². The number of aromatic nitrogens is 2. The highest BCUT2D eigenvalue weighted by Gasteiger charge is 2.11. The fourth-order valence-electron chi connectivity index (χ4n) is 2.04. The van der Waals surface area contributed by atoms with Crippen molar-refractivity contribution in [1.29, 1.82) is 0 Å². The summed E-state index contributed by atoms with van der Waals surface area (Å²) in [6.45, 7) is 7.17. The Hall–Kier alpha value is -1.56. The number of nitrogens with one attached hydrogen (secondary N) is 1. The Morgan fingerprint density at radius 2 is 2.20 bits per heavy atom. The highest BCUT2D eigenvalue weighted by atomic mass is 79.9. The number of nitrogens with zero attached hydrogens (tertiary/aromatic N) is 2. The number of hydrogen-bond donors (Lipinski definition) is 1. The van der Waals surface area contributed by atoms with Crippen LogP contribution in [0.2, 0.25) is 0 Å². The summed E-state index contributed by atoms with van der Waals surface area (Å²) in [5, 5.41) is 7.32. The van der Waals surface area contributed by atoms with Gasteiger partial charge in [0.2, 0.25) is 0 Å². The van der Waals surface area contributed by atoms with E-state index in [1.54, 1.807) is 13.0 Å². The first-order valence-corrected chi connectivity index (χ1v) is 7.31. The van der Waals surface area contributed by atoms with Crippen LogP contribution in [-0.2, 0) is 6.54 Å². The quantitative estimate of drug-likeness (QED) is 0.852. The zero-order valence-electron chi connectivity index (χ0n) is 11.9. The molecule has 0 aliphatic rings. The largest absolute Gasteiger partial charge is 0.469 e. The number of rotatable bonds is 5. The average molecular weight is 340 g/mol. The van der Waals surface area contributed by atoms with Crippen molar-refractivity contribution >= 4 is 21.8 Å². The molecule has 0 saturated heterocycles. The van der Waals surface area contributed by atoms with Crippen LogP contribution in [0, 0.1) is 20.8 Å². The van der Waals surface area contributed by atoms with Gasteiger partial charge in [0.15, 0.2) is 0 Å². The third-order valence-electron chi connectivity index (χ3n) is 3.23. The van der Waals surface area contributed by atoms with Crippen LogP contribution in [0.4, 0.5) is 0 Å². The fraction of sp³-hybridized carbons (Fsp3) is 0.429.